The molecule has 0 aliphatic rings. The summed E-state index contributed by atoms with van der Waals surface area (Å²) in [7, 11) is 0. The number of fused-ring (bicyclic) bond motifs is 1. The molecule has 3 nitrogen and oxygen atoms in total. The van der Waals surface area contributed by atoms with Crippen LogP contribution in [0.15, 0.2) is 43.7 Å². The molecule has 6 heteroatoms. The predicted molar refractivity (Wildman–Crippen MR) is 107 cm³/mol. The first-order chi connectivity index (χ1) is 11.9. The molecule has 0 radical (unpaired) electrons. The van der Waals surface area contributed by atoms with Gasteiger partial charge < -0.3 is 9.52 Å². The second-order valence-electron chi connectivity index (χ2n) is 5.74. The SMILES string of the molecule is CCCCc1oc2c(Cl)cccc2c1C(=O)c1cc(Br)c(O)c(Br)c1. The Morgan fingerprint density at radius 3 is 2.56 bits per heavy atom. The number of halogens is 3. The summed E-state index contributed by atoms with van der Waals surface area (Å²) in [5.74, 6) is 0.548. The van der Waals surface area contributed by atoms with Gasteiger partial charge in [0.15, 0.2) is 11.4 Å². The topological polar surface area (TPSA) is 50.4 Å². The van der Waals surface area contributed by atoms with Crippen LogP contribution in [0.5, 0.6) is 5.75 Å². The van der Waals surface area contributed by atoms with Crippen LogP contribution >= 0.6 is 43.5 Å². The van der Waals surface area contributed by atoms with Crippen LogP contribution in [0.4, 0.5) is 0 Å². The molecule has 1 heterocycles. The van der Waals surface area contributed by atoms with Crippen molar-refractivity contribution in [3.63, 3.8) is 0 Å². The number of para-hydroxylation sites is 1. The van der Waals surface area contributed by atoms with E-state index in [-0.39, 0.29) is 11.5 Å². The van der Waals surface area contributed by atoms with E-state index in [2.05, 4.69) is 38.8 Å². The van der Waals surface area contributed by atoms with Gasteiger partial charge >= 0.3 is 0 Å². The highest BCUT2D eigenvalue weighted by atomic mass is 79.9. The average Bonchev–Trinajstić information content (AvgIpc) is 2.96. The number of phenolic OH excluding ortho intramolecular Hbond substituents is 1. The van der Waals surface area contributed by atoms with Crippen LogP contribution in [0.2, 0.25) is 5.02 Å². The number of hydrogen-bond acceptors (Lipinski definition) is 3. The zero-order valence-corrected chi connectivity index (χ0v) is 17.3. The largest absolute Gasteiger partial charge is 0.506 e. The lowest BCUT2D eigenvalue weighted by Crippen LogP contribution is -2.04. The smallest absolute Gasteiger partial charge is 0.197 e. The van der Waals surface area contributed by atoms with Crippen LogP contribution in [0, 0.1) is 0 Å². The van der Waals surface area contributed by atoms with Gasteiger partial charge in [0.1, 0.15) is 11.5 Å². The molecule has 1 N–H and O–H groups in total. The van der Waals surface area contributed by atoms with E-state index in [1.807, 2.05) is 12.1 Å². The predicted octanol–water partition coefficient (Wildman–Crippen LogP) is 6.89. The van der Waals surface area contributed by atoms with Gasteiger partial charge in [-0.25, -0.2) is 0 Å². The van der Waals surface area contributed by atoms with E-state index in [1.54, 1.807) is 18.2 Å². The molecule has 0 amide bonds. The number of benzene rings is 2. The maximum absolute atomic E-state index is 13.2. The van der Waals surface area contributed by atoms with Gasteiger partial charge in [0.2, 0.25) is 0 Å². The Bertz CT molecular complexity index is 940. The molecular formula is C19H15Br2ClO3. The molecule has 25 heavy (non-hydrogen) atoms. The summed E-state index contributed by atoms with van der Waals surface area (Å²) in [5, 5.41) is 11.1. The van der Waals surface area contributed by atoms with Crippen molar-refractivity contribution in [2.45, 2.75) is 26.2 Å². The minimum Gasteiger partial charge on any atom is -0.506 e. The van der Waals surface area contributed by atoms with Gasteiger partial charge in [-0.15, -0.1) is 0 Å². The lowest BCUT2D eigenvalue weighted by Gasteiger charge is -2.06. The number of furan rings is 1. The summed E-state index contributed by atoms with van der Waals surface area (Å²) in [4.78, 5) is 13.2. The first kappa shape index (κ1) is 18.5. The molecular weight excluding hydrogens is 471 g/mol. The number of carbonyl (C=O) groups is 1. The molecule has 0 bridgehead atoms. The molecule has 130 valence electrons. The Hall–Kier alpha value is -1.30. The lowest BCUT2D eigenvalue weighted by molar-refractivity contribution is 0.103. The van der Waals surface area contributed by atoms with Crippen molar-refractivity contribution in [1.29, 1.82) is 0 Å². The first-order valence-electron chi connectivity index (χ1n) is 7.86. The number of aryl methyl sites for hydroxylation is 1. The molecule has 0 atom stereocenters. The van der Waals surface area contributed by atoms with Gasteiger partial charge in [-0.2, -0.15) is 0 Å². The fourth-order valence-electron chi connectivity index (χ4n) is 2.74. The molecule has 0 fully saturated rings. The van der Waals surface area contributed by atoms with Crippen LogP contribution < -0.4 is 0 Å². The van der Waals surface area contributed by atoms with Gasteiger partial charge in [-0.1, -0.05) is 37.1 Å². The fraction of sp³-hybridized carbons (Fsp3) is 0.211. The third-order valence-corrected chi connectivity index (χ3v) is 5.51. The van der Waals surface area contributed by atoms with Crippen molar-refractivity contribution in [3.05, 3.63) is 61.2 Å². The normalized spacial score (nSPS) is 11.2. The lowest BCUT2D eigenvalue weighted by atomic mass is 9.98. The molecule has 0 aliphatic carbocycles. The molecule has 0 unspecified atom stereocenters. The van der Waals surface area contributed by atoms with E-state index in [9.17, 15) is 9.90 Å². The molecule has 3 rings (SSSR count). The average molecular weight is 487 g/mol. The van der Waals surface area contributed by atoms with Gasteiger partial charge in [0.05, 0.1) is 19.5 Å². The van der Waals surface area contributed by atoms with Gasteiger partial charge in [0.25, 0.3) is 0 Å². The van der Waals surface area contributed by atoms with Crippen molar-refractivity contribution in [2.24, 2.45) is 0 Å². The monoisotopic (exact) mass is 484 g/mol. The fourth-order valence-corrected chi connectivity index (χ4v) is 4.14. The highest BCUT2D eigenvalue weighted by Gasteiger charge is 2.24. The van der Waals surface area contributed by atoms with Crippen LogP contribution in [0.1, 0.15) is 41.4 Å². The quantitative estimate of drug-likeness (QED) is 0.400. The summed E-state index contributed by atoms with van der Waals surface area (Å²) in [6.07, 6.45) is 2.58. The second-order valence-corrected chi connectivity index (χ2v) is 7.85. The maximum Gasteiger partial charge on any atom is 0.197 e. The minimum absolute atomic E-state index is 0.0582. The Morgan fingerprint density at radius 1 is 1.24 bits per heavy atom. The van der Waals surface area contributed by atoms with Crippen LogP contribution in [0.25, 0.3) is 11.0 Å². The Kier molecular flexibility index (Phi) is 5.56. The molecule has 0 saturated carbocycles. The van der Waals surface area contributed by atoms with Crippen molar-refractivity contribution < 1.29 is 14.3 Å². The molecule has 0 saturated heterocycles. The highest BCUT2D eigenvalue weighted by molar-refractivity contribution is 9.11. The van der Waals surface area contributed by atoms with Gasteiger partial charge in [-0.3, -0.25) is 4.79 Å². The van der Waals surface area contributed by atoms with E-state index >= 15 is 0 Å². The number of aromatic hydroxyl groups is 1. The molecule has 0 aliphatic heterocycles. The van der Waals surface area contributed by atoms with Crippen LogP contribution in [-0.4, -0.2) is 10.9 Å². The van der Waals surface area contributed by atoms with Gasteiger partial charge in [0, 0.05) is 17.4 Å². The van der Waals surface area contributed by atoms with Crippen LogP contribution in [0.3, 0.4) is 0 Å². The summed E-state index contributed by atoms with van der Waals surface area (Å²) in [6.45, 7) is 2.09. The van der Waals surface area contributed by atoms with E-state index in [0.29, 0.717) is 48.2 Å². The Morgan fingerprint density at radius 2 is 1.92 bits per heavy atom. The third kappa shape index (κ3) is 3.50. The van der Waals surface area contributed by atoms with Crippen molar-refractivity contribution in [3.8, 4) is 5.75 Å². The van der Waals surface area contributed by atoms with E-state index in [1.165, 1.54) is 0 Å². The van der Waals surface area contributed by atoms with E-state index < -0.39 is 0 Å². The summed E-state index contributed by atoms with van der Waals surface area (Å²) < 4.78 is 6.83. The van der Waals surface area contributed by atoms with Crippen molar-refractivity contribution in [2.75, 3.05) is 0 Å². The number of phenols is 1. The zero-order chi connectivity index (χ0) is 18.1. The Balaban J connectivity index is 2.19. The number of carbonyl (C=O) groups excluding carboxylic acids is 1. The summed E-state index contributed by atoms with van der Waals surface area (Å²) >= 11 is 12.8. The van der Waals surface area contributed by atoms with Crippen molar-refractivity contribution >= 4 is 60.2 Å². The number of ketones is 1. The highest BCUT2D eigenvalue weighted by Crippen LogP contribution is 2.37. The summed E-state index contributed by atoms with van der Waals surface area (Å²) in [5.41, 5.74) is 1.53. The molecule has 3 aromatic rings. The standard InChI is InChI=1S/C19H15Br2ClO3/c1-2-3-7-15-16(11-5-4-6-14(22)19(11)25-15)17(23)10-8-12(20)18(24)13(21)9-10/h4-6,8-9,24H,2-3,7H2,1H3. The van der Waals surface area contributed by atoms with Crippen molar-refractivity contribution in [1.82, 2.24) is 0 Å². The molecule has 2 aromatic carbocycles. The molecule has 0 spiro atoms. The van der Waals surface area contributed by atoms with E-state index in [4.69, 9.17) is 16.0 Å². The minimum atomic E-state index is -0.159. The van der Waals surface area contributed by atoms with Gasteiger partial charge in [-0.05, 0) is 56.5 Å². The zero-order valence-electron chi connectivity index (χ0n) is 13.4. The number of unbranched alkanes of at least 4 members (excludes halogenated alkanes) is 1. The van der Waals surface area contributed by atoms with Crippen LogP contribution in [-0.2, 0) is 6.42 Å². The molecule has 1 aromatic heterocycles. The first-order valence-corrected chi connectivity index (χ1v) is 9.83. The maximum atomic E-state index is 13.2. The number of rotatable bonds is 5. The third-order valence-electron chi connectivity index (χ3n) is 4.00. The Labute approximate surface area is 167 Å². The second kappa shape index (κ2) is 7.52. The van der Waals surface area contributed by atoms with E-state index in [0.717, 1.165) is 12.8 Å². The summed E-state index contributed by atoms with van der Waals surface area (Å²) in [6, 6.07) is 8.62. The number of hydrogen-bond donors (Lipinski definition) is 1.